The number of carboxylic acids is 1. The van der Waals surface area contributed by atoms with Crippen molar-refractivity contribution in [2.24, 2.45) is 11.8 Å². The normalized spacial score (nSPS) is 42.4. The second kappa shape index (κ2) is 2.48. The van der Waals surface area contributed by atoms with Crippen molar-refractivity contribution in [1.82, 2.24) is 5.32 Å². The zero-order valence-electron chi connectivity index (χ0n) is 6.42. The van der Waals surface area contributed by atoms with Crippen LogP contribution < -0.4 is 5.32 Å². The van der Waals surface area contributed by atoms with E-state index in [1.807, 2.05) is 0 Å². The van der Waals surface area contributed by atoms with Crippen LogP contribution in [0.3, 0.4) is 0 Å². The van der Waals surface area contributed by atoms with E-state index < -0.39 is 5.97 Å². The lowest BCUT2D eigenvalue weighted by atomic mass is 10.1. The summed E-state index contributed by atoms with van der Waals surface area (Å²) in [6.45, 7) is 1.08. The minimum atomic E-state index is -0.608. The van der Waals surface area contributed by atoms with Gasteiger partial charge < -0.3 is 10.4 Å². The van der Waals surface area contributed by atoms with E-state index in [2.05, 4.69) is 5.32 Å². The predicted molar refractivity (Wildman–Crippen MR) is 40.3 cm³/mol. The van der Waals surface area contributed by atoms with E-state index in [0.29, 0.717) is 12.0 Å². The summed E-state index contributed by atoms with van der Waals surface area (Å²) in [4.78, 5) is 10.5. The Balaban J connectivity index is 1.85. The van der Waals surface area contributed by atoms with Gasteiger partial charge in [0.25, 0.3) is 0 Å². The summed E-state index contributed by atoms with van der Waals surface area (Å²) in [6, 6.07) is 0.510. The summed E-state index contributed by atoms with van der Waals surface area (Å²) in [6.07, 6.45) is 3.29. The highest BCUT2D eigenvalue weighted by atomic mass is 16.4. The minimum Gasteiger partial charge on any atom is -0.481 e. The van der Waals surface area contributed by atoms with Crippen LogP contribution in [-0.4, -0.2) is 23.7 Å². The largest absolute Gasteiger partial charge is 0.481 e. The Bertz CT molecular complexity index is 175. The third-order valence-corrected chi connectivity index (χ3v) is 2.77. The average Bonchev–Trinajstić information content (AvgIpc) is 2.60. The third-order valence-electron chi connectivity index (χ3n) is 2.77. The lowest BCUT2D eigenvalue weighted by Gasteiger charge is -2.06. The quantitative estimate of drug-likeness (QED) is 0.609. The summed E-state index contributed by atoms with van der Waals surface area (Å²) in [5.41, 5.74) is 0. The lowest BCUT2D eigenvalue weighted by molar-refractivity contribution is -0.138. The molecule has 3 heteroatoms. The molecule has 1 unspecified atom stereocenters. The Morgan fingerprint density at radius 3 is 2.82 bits per heavy atom. The SMILES string of the molecule is O=C(O)[C@@H]1C[C@H]1C1CCCN1. The van der Waals surface area contributed by atoms with Crippen LogP contribution in [0.15, 0.2) is 0 Å². The van der Waals surface area contributed by atoms with Crippen LogP contribution in [0, 0.1) is 11.8 Å². The highest BCUT2D eigenvalue weighted by Gasteiger charge is 2.48. The second-order valence-electron chi connectivity index (χ2n) is 3.55. The van der Waals surface area contributed by atoms with Gasteiger partial charge in [0, 0.05) is 6.04 Å². The van der Waals surface area contributed by atoms with Gasteiger partial charge in [0.05, 0.1) is 5.92 Å². The van der Waals surface area contributed by atoms with Crippen LogP contribution in [0.4, 0.5) is 0 Å². The molecule has 0 aromatic heterocycles. The van der Waals surface area contributed by atoms with Crippen LogP contribution in [0.5, 0.6) is 0 Å². The zero-order chi connectivity index (χ0) is 7.84. The number of carboxylic acid groups (broad SMARTS) is 1. The van der Waals surface area contributed by atoms with Crippen molar-refractivity contribution < 1.29 is 9.90 Å². The molecule has 1 aliphatic heterocycles. The van der Waals surface area contributed by atoms with E-state index >= 15 is 0 Å². The molecule has 0 radical (unpaired) electrons. The Hall–Kier alpha value is -0.570. The Morgan fingerprint density at radius 2 is 2.36 bits per heavy atom. The molecule has 1 saturated carbocycles. The predicted octanol–water partition coefficient (Wildman–Crippen LogP) is 0.459. The van der Waals surface area contributed by atoms with E-state index in [1.165, 1.54) is 12.8 Å². The molecule has 62 valence electrons. The molecule has 0 aromatic carbocycles. The van der Waals surface area contributed by atoms with E-state index in [-0.39, 0.29) is 5.92 Å². The first-order valence-corrected chi connectivity index (χ1v) is 4.25. The first-order valence-electron chi connectivity index (χ1n) is 4.25. The maximum atomic E-state index is 10.5. The molecule has 3 nitrogen and oxygen atoms in total. The molecule has 2 rings (SSSR count). The molecule has 0 amide bonds. The molecule has 11 heavy (non-hydrogen) atoms. The van der Waals surface area contributed by atoms with Gasteiger partial charge in [-0.3, -0.25) is 4.79 Å². The van der Waals surface area contributed by atoms with Crippen molar-refractivity contribution in [3.63, 3.8) is 0 Å². The van der Waals surface area contributed by atoms with Gasteiger partial charge in [0.2, 0.25) is 0 Å². The van der Waals surface area contributed by atoms with Gasteiger partial charge >= 0.3 is 5.97 Å². The number of hydrogen-bond donors (Lipinski definition) is 2. The van der Waals surface area contributed by atoms with Crippen LogP contribution in [0.2, 0.25) is 0 Å². The molecule has 2 aliphatic rings. The molecule has 2 fully saturated rings. The lowest BCUT2D eigenvalue weighted by Crippen LogP contribution is -2.25. The highest BCUT2D eigenvalue weighted by Crippen LogP contribution is 2.43. The van der Waals surface area contributed by atoms with Gasteiger partial charge in [0.1, 0.15) is 0 Å². The smallest absolute Gasteiger partial charge is 0.306 e. The van der Waals surface area contributed by atoms with Gasteiger partial charge in [-0.05, 0) is 31.7 Å². The second-order valence-corrected chi connectivity index (χ2v) is 3.55. The van der Waals surface area contributed by atoms with Crippen LogP contribution in [0.1, 0.15) is 19.3 Å². The minimum absolute atomic E-state index is 0.0365. The van der Waals surface area contributed by atoms with Crippen LogP contribution >= 0.6 is 0 Å². The van der Waals surface area contributed by atoms with Gasteiger partial charge in [-0.25, -0.2) is 0 Å². The molecule has 1 saturated heterocycles. The fraction of sp³-hybridized carbons (Fsp3) is 0.875. The molecule has 0 spiro atoms. The summed E-state index contributed by atoms with van der Waals surface area (Å²) in [5, 5.41) is 12.0. The van der Waals surface area contributed by atoms with Crippen molar-refractivity contribution in [2.45, 2.75) is 25.3 Å². The van der Waals surface area contributed by atoms with Crippen molar-refractivity contribution in [3.8, 4) is 0 Å². The van der Waals surface area contributed by atoms with E-state index in [4.69, 9.17) is 5.11 Å². The number of aliphatic carboxylic acids is 1. The average molecular weight is 155 g/mol. The fourth-order valence-electron chi connectivity index (χ4n) is 2.02. The standard InChI is InChI=1S/C8H13NO2/c10-8(11)6-4-5(6)7-2-1-3-9-7/h5-7,9H,1-4H2,(H,10,11)/t5-,6-,7?/m1/s1. The number of nitrogens with one attached hydrogen (secondary N) is 1. The maximum absolute atomic E-state index is 10.5. The molecule has 0 bridgehead atoms. The molecule has 3 atom stereocenters. The topological polar surface area (TPSA) is 49.3 Å². The van der Waals surface area contributed by atoms with Crippen LogP contribution in [0.25, 0.3) is 0 Å². The number of carbonyl (C=O) groups is 1. The summed E-state index contributed by atoms with van der Waals surface area (Å²) < 4.78 is 0. The summed E-state index contributed by atoms with van der Waals surface area (Å²) >= 11 is 0. The highest BCUT2D eigenvalue weighted by molar-refractivity contribution is 5.73. The zero-order valence-corrected chi connectivity index (χ0v) is 6.42. The van der Waals surface area contributed by atoms with Gasteiger partial charge in [-0.1, -0.05) is 0 Å². The summed E-state index contributed by atoms with van der Waals surface area (Å²) in [5.74, 6) is -0.204. The Morgan fingerprint density at radius 1 is 1.55 bits per heavy atom. The van der Waals surface area contributed by atoms with Gasteiger partial charge in [0.15, 0.2) is 0 Å². The summed E-state index contributed by atoms with van der Waals surface area (Å²) in [7, 11) is 0. The van der Waals surface area contributed by atoms with Gasteiger partial charge in [-0.2, -0.15) is 0 Å². The molecule has 1 heterocycles. The monoisotopic (exact) mass is 155 g/mol. The van der Waals surface area contributed by atoms with Crippen molar-refractivity contribution in [2.75, 3.05) is 6.54 Å². The molecule has 0 aromatic rings. The molecule has 2 N–H and O–H groups in total. The van der Waals surface area contributed by atoms with Crippen molar-refractivity contribution in [1.29, 1.82) is 0 Å². The first kappa shape index (κ1) is 7.10. The number of hydrogen-bond acceptors (Lipinski definition) is 2. The third kappa shape index (κ3) is 1.25. The van der Waals surface area contributed by atoms with E-state index in [1.54, 1.807) is 0 Å². The fourth-order valence-corrected chi connectivity index (χ4v) is 2.02. The van der Waals surface area contributed by atoms with E-state index in [0.717, 1.165) is 13.0 Å². The van der Waals surface area contributed by atoms with E-state index in [9.17, 15) is 4.79 Å². The molecular weight excluding hydrogens is 142 g/mol. The Kier molecular flexibility index (Phi) is 1.60. The van der Waals surface area contributed by atoms with Crippen molar-refractivity contribution >= 4 is 5.97 Å². The molecular formula is C8H13NO2. The van der Waals surface area contributed by atoms with Crippen LogP contribution in [-0.2, 0) is 4.79 Å². The molecule has 1 aliphatic carbocycles. The Labute approximate surface area is 65.8 Å². The maximum Gasteiger partial charge on any atom is 0.306 e. The van der Waals surface area contributed by atoms with Gasteiger partial charge in [-0.15, -0.1) is 0 Å². The van der Waals surface area contributed by atoms with Crippen molar-refractivity contribution in [3.05, 3.63) is 0 Å². The number of rotatable bonds is 2. The first-order chi connectivity index (χ1) is 5.29.